The molecule has 2 atom stereocenters. The lowest BCUT2D eigenvalue weighted by atomic mass is 10.1. The van der Waals surface area contributed by atoms with Crippen LogP contribution < -0.4 is 15.4 Å². The van der Waals surface area contributed by atoms with E-state index in [9.17, 15) is 9.18 Å². The monoisotopic (exact) mass is 593 g/mol. The lowest BCUT2D eigenvalue weighted by Crippen LogP contribution is -2.37. The third-order valence-corrected chi connectivity index (χ3v) is 8.17. The molecule has 2 fully saturated rings. The zero-order valence-corrected chi connectivity index (χ0v) is 24.1. The SMILES string of the molecule is C=CC(=O)Nc1cc2c(Nc3ccc4c(cnn4Cc4cccc(F)c4)c3)ncnc2cc1OCCCN1CC2CC1CO2. The summed E-state index contributed by atoms with van der Waals surface area (Å²) in [7, 11) is 0. The Morgan fingerprint density at radius 2 is 2.11 bits per heavy atom. The molecule has 2 aromatic heterocycles. The van der Waals surface area contributed by atoms with E-state index >= 15 is 0 Å². The third-order valence-electron chi connectivity index (χ3n) is 8.17. The second-order valence-corrected chi connectivity index (χ2v) is 11.2. The number of benzene rings is 3. The van der Waals surface area contributed by atoms with Crippen molar-refractivity contribution in [2.45, 2.75) is 31.5 Å². The molecular formula is C33H32FN7O3. The maximum atomic E-state index is 13.7. The van der Waals surface area contributed by atoms with Crippen molar-refractivity contribution in [3.63, 3.8) is 0 Å². The molecule has 1 amide bonds. The normalized spacial score (nSPS) is 17.8. The number of ether oxygens (including phenoxy) is 2. The lowest BCUT2D eigenvalue weighted by Gasteiger charge is -2.26. The number of anilines is 3. The van der Waals surface area contributed by atoms with Crippen LogP contribution in [0.3, 0.4) is 0 Å². The lowest BCUT2D eigenvalue weighted by molar-refractivity contribution is -0.111. The van der Waals surface area contributed by atoms with Crippen molar-refractivity contribution >= 4 is 44.9 Å². The molecule has 2 bridgehead atoms. The number of carbonyl (C=O) groups is 1. The van der Waals surface area contributed by atoms with Crippen LogP contribution in [-0.2, 0) is 16.1 Å². The van der Waals surface area contributed by atoms with E-state index in [2.05, 4.69) is 37.2 Å². The number of amides is 1. The Balaban J connectivity index is 1.10. The van der Waals surface area contributed by atoms with Crippen LogP contribution >= 0.6 is 0 Å². The Bertz CT molecular complexity index is 1860. The second kappa shape index (κ2) is 12.0. The predicted octanol–water partition coefficient (Wildman–Crippen LogP) is 5.28. The van der Waals surface area contributed by atoms with Crippen LogP contribution in [0, 0.1) is 5.82 Å². The second-order valence-electron chi connectivity index (χ2n) is 11.2. The van der Waals surface area contributed by atoms with E-state index in [1.54, 1.807) is 12.3 Å². The number of likely N-dealkylation sites (tertiary alicyclic amines) is 1. The summed E-state index contributed by atoms with van der Waals surface area (Å²) in [6.45, 7) is 7.29. The van der Waals surface area contributed by atoms with Crippen LogP contribution in [0.4, 0.5) is 21.6 Å². The van der Waals surface area contributed by atoms with Gasteiger partial charge in [-0.3, -0.25) is 14.4 Å². The van der Waals surface area contributed by atoms with E-state index in [1.807, 2.05) is 41.1 Å². The molecule has 10 nitrogen and oxygen atoms in total. The summed E-state index contributed by atoms with van der Waals surface area (Å²) in [5.41, 5.74) is 3.76. The van der Waals surface area contributed by atoms with Crippen molar-refractivity contribution in [2.24, 2.45) is 0 Å². The highest BCUT2D eigenvalue weighted by atomic mass is 19.1. The van der Waals surface area contributed by atoms with Crippen LogP contribution in [0.5, 0.6) is 5.75 Å². The van der Waals surface area contributed by atoms with E-state index in [1.165, 1.54) is 24.5 Å². The number of halogens is 1. The number of carbonyl (C=O) groups excluding carboxylic acids is 1. The van der Waals surface area contributed by atoms with Crippen molar-refractivity contribution in [1.82, 2.24) is 24.6 Å². The fourth-order valence-corrected chi connectivity index (χ4v) is 6.02. The number of nitrogens with zero attached hydrogens (tertiary/aromatic N) is 5. The number of aromatic nitrogens is 4. The van der Waals surface area contributed by atoms with Gasteiger partial charge >= 0.3 is 0 Å². The molecule has 4 heterocycles. The van der Waals surface area contributed by atoms with Gasteiger partial charge in [0.1, 0.15) is 23.7 Å². The maximum Gasteiger partial charge on any atom is 0.247 e. The minimum absolute atomic E-state index is 0.270. The molecule has 2 saturated heterocycles. The highest BCUT2D eigenvalue weighted by Gasteiger charge is 2.38. The van der Waals surface area contributed by atoms with Gasteiger partial charge in [-0.2, -0.15) is 5.10 Å². The highest BCUT2D eigenvalue weighted by molar-refractivity contribution is 6.03. The molecule has 3 aromatic carbocycles. The van der Waals surface area contributed by atoms with Gasteiger partial charge in [0.25, 0.3) is 0 Å². The van der Waals surface area contributed by atoms with Crippen LogP contribution in [0.15, 0.2) is 79.8 Å². The number of nitrogens with one attached hydrogen (secondary N) is 2. The van der Waals surface area contributed by atoms with Gasteiger partial charge in [0.05, 0.1) is 48.8 Å². The molecule has 0 saturated carbocycles. The standard InChI is InChI=1S/C33H32FN7O3/c1-2-32(42)39-29-14-27-28(15-31(29)43-10-4-9-40-18-26-13-25(40)19-44-26)35-20-36-33(27)38-24-7-8-30-22(12-24)16-37-41(30)17-21-5-3-6-23(34)11-21/h2-3,5-8,11-12,14-16,20,25-26H,1,4,9-10,13,17-19H2,(H,39,42)(H,35,36,38). The first-order valence-electron chi connectivity index (χ1n) is 14.7. The van der Waals surface area contributed by atoms with E-state index in [0.29, 0.717) is 53.5 Å². The molecule has 2 aliphatic rings. The van der Waals surface area contributed by atoms with Gasteiger partial charge in [-0.1, -0.05) is 18.7 Å². The molecule has 2 aliphatic heterocycles. The average molecular weight is 594 g/mol. The summed E-state index contributed by atoms with van der Waals surface area (Å²) in [5.74, 6) is 0.506. The Morgan fingerprint density at radius 1 is 1.18 bits per heavy atom. The van der Waals surface area contributed by atoms with Gasteiger partial charge < -0.3 is 20.1 Å². The smallest absolute Gasteiger partial charge is 0.247 e. The molecule has 44 heavy (non-hydrogen) atoms. The fraction of sp³-hybridized carbons (Fsp3) is 0.273. The Hall–Kier alpha value is -4.87. The molecule has 0 aliphatic carbocycles. The summed E-state index contributed by atoms with van der Waals surface area (Å²) in [6.07, 6.45) is 6.85. The molecule has 11 heteroatoms. The molecule has 7 rings (SSSR count). The number of fused-ring (bicyclic) bond motifs is 4. The molecule has 0 radical (unpaired) electrons. The van der Waals surface area contributed by atoms with Crippen molar-refractivity contribution in [2.75, 3.05) is 36.9 Å². The first-order valence-corrected chi connectivity index (χ1v) is 14.7. The first kappa shape index (κ1) is 27.9. The Labute approximate surface area is 253 Å². The summed E-state index contributed by atoms with van der Waals surface area (Å²) in [5, 5.41) is 12.4. The predicted molar refractivity (Wildman–Crippen MR) is 167 cm³/mol. The van der Waals surface area contributed by atoms with Gasteiger partial charge in [0.2, 0.25) is 5.91 Å². The summed E-state index contributed by atoms with van der Waals surface area (Å²) >= 11 is 0. The zero-order chi connectivity index (χ0) is 30.0. The van der Waals surface area contributed by atoms with E-state index < -0.39 is 0 Å². The molecule has 2 N–H and O–H groups in total. The highest BCUT2D eigenvalue weighted by Crippen LogP contribution is 2.34. The summed E-state index contributed by atoms with van der Waals surface area (Å²) in [4.78, 5) is 23.7. The fourth-order valence-electron chi connectivity index (χ4n) is 6.02. The molecule has 2 unspecified atom stereocenters. The van der Waals surface area contributed by atoms with Crippen LogP contribution in [0.2, 0.25) is 0 Å². The van der Waals surface area contributed by atoms with Gasteiger partial charge in [0.15, 0.2) is 0 Å². The van der Waals surface area contributed by atoms with Crippen LogP contribution in [0.25, 0.3) is 21.8 Å². The number of hydrogen-bond donors (Lipinski definition) is 2. The number of morpholine rings is 1. The van der Waals surface area contributed by atoms with Gasteiger partial charge in [-0.05, 0) is 60.9 Å². The number of hydrogen-bond acceptors (Lipinski definition) is 8. The van der Waals surface area contributed by atoms with E-state index in [0.717, 1.165) is 54.7 Å². The number of rotatable bonds is 11. The van der Waals surface area contributed by atoms with Crippen molar-refractivity contribution < 1.29 is 18.7 Å². The van der Waals surface area contributed by atoms with Gasteiger partial charge in [-0.25, -0.2) is 14.4 Å². The molecule has 5 aromatic rings. The van der Waals surface area contributed by atoms with Crippen molar-refractivity contribution in [3.05, 3.63) is 91.2 Å². The topological polar surface area (TPSA) is 106 Å². The largest absolute Gasteiger partial charge is 0.491 e. The van der Waals surface area contributed by atoms with Crippen LogP contribution in [0.1, 0.15) is 18.4 Å². The Morgan fingerprint density at radius 3 is 2.93 bits per heavy atom. The Kier molecular flexibility index (Phi) is 7.63. The molecule has 0 spiro atoms. The van der Waals surface area contributed by atoms with Crippen LogP contribution in [-0.4, -0.2) is 69.0 Å². The van der Waals surface area contributed by atoms with Crippen molar-refractivity contribution in [1.29, 1.82) is 0 Å². The summed E-state index contributed by atoms with van der Waals surface area (Å²) in [6, 6.07) is 16.6. The third kappa shape index (κ3) is 5.84. The van der Waals surface area contributed by atoms with Gasteiger partial charge in [0, 0.05) is 41.7 Å². The first-order chi connectivity index (χ1) is 21.5. The van der Waals surface area contributed by atoms with E-state index in [-0.39, 0.29) is 11.7 Å². The quantitative estimate of drug-likeness (QED) is 0.158. The average Bonchev–Trinajstić information content (AvgIpc) is 3.76. The van der Waals surface area contributed by atoms with Crippen molar-refractivity contribution in [3.8, 4) is 5.75 Å². The summed E-state index contributed by atoms with van der Waals surface area (Å²) < 4.78 is 27.4. The van der Waals surface area contributed by atoms with Gasteiger partial charge in [-0.15, -0.1) is 0 Å². The minimum atomic E-state index is -0.339. The molecule has 224 valence electrons. The maximum absolute atomic E-state index is 13.7. The zero-order valence-electron chi connectivity index (χ0n) is 24.1. The molecular weight excluding hydrogens is 561 g/mol. The minimum Gasteiger partial charge on any atom is -0.491 e. The van der Waals surface area contributed by atoms with E-state index in [4.69, 9.17) is 9.47 Å².